The minimum atomic E-state index is -1.26. The van der Waals surface area contributed by atoms with Crippen molar-refractivity contribution in [2.45, 2.75) is 314 Å². The molecule has 4 atom stereocenters. The zero-order valence-corrected chi connectivity index (χ0v) is 40.9. The molecule has 0 aliphatic heterocycles. The van der Waals surface area contributed by atoms with Crippen molar-refractivity contribution < 1.29 is 25.2 Å². The number of allylic oxidation sites excluding steroid dienone is 4. The minimum absolute atomic E-state index is 0.359. The molecule has 5 N–H and O–H groups in total. The molecular weight excluding hydrogens is 755 g/mol. The molecule has 0 aliphatic rings. The second-order valence-electron chi connectivity index (χ2n) is 18.9. The van der Waals surface area contributed by atoms with Crippen LogP contribution in [0.4, 0.5) is 0 Å². The average molecular weight is 862 g/mol. The van der Waals surface area contributed by atoms with Crippen molar-refractivity contribution in [1.29, 1.82) is 0 Å². The standard InChI is InChI=1S/C55H107NO5/c1-3-5-7-9-11-13-15-17-19-21-23-25-27-29-30-32-34-36-38-40-42-44-46-48-52(58)54(60)51(50-57)56-55(61)53(59)49-47-45-43-41-39-37-35-33-31-28-26-24-22-20-18-16-14-12-10-8-6-4-2/h24,26,31,33,51-54,57-60H,3-23,25,27-30,32,34-50H2,1-2H3,(H,56,61)/b26-24-,33-31-. The van der Waals surface area contributed by atoms with Gasteiger partial charge in [-0.2, -0.15) is 0 Å². The van der Waals surface area contributed by atoms with Crippen LogP contribution in [-0.2, 0) is 4.79 Å². The van der Waals surface area contributed by atoms with Gasteiger partial charge in [0, 0.05) is 0 Å². The summed E-state index contributed by atoms with van der Waals surface area (Å²) < 4.78 is 0. The number of hydrogen-bond acceptors (Lipinski definition) is 5. The number of unbranched alkanes of at least 4 members (excludes halogenated alkanes) is 37. The average Bonchev–Trinajstić information content (AvgIpc) is 3.26. The Labute approximate surface area is 380 Å². The lowest BCUT2D eigenvalue weighted by atomic mass is 9.99. The monoisotopic (exact) mass is 862 g/mol. The van der Waals surface area contributed by atoms with E-state index in [4.69, 9.17) is 0 Å². The van der Waals surface area contributed by atoms with E-state index in [1.165, 1.54) is 205 Å². The van der Waals surface area contributed by atoms with Gasteiger partial charge in [-0.1, -0.05) is 269 Å². The van der Waals surface area contributed by atoms with Gasteiger partial charge in [0.2, 0.25) is 5.91 Å². The molecule has 0 saturated carbocycles. The number of aliphatic hydroxyl groups is 4. The second-order valence-corrected chi connectivity index (χ2v) is 18.9. The molecule has 362 valence electrons. The third-order valence-electron chi connectivity index (χ3n) is 12.9. The maximum atomic E-state index is 12.6. The lowest BCUT2D eigenvalue weighted by molar-refractivity contribution is -0.132. The Balaban J connectivity index is 3.66. The lowest BCUT2D eigenvalue weighted by Gasteiger charge is -2.27. The molecule has 0 aromatic heterocycles. The Kier molecular flexibility index (Phi) is 48.8. The highest BCUT2D eigenvalue weighted by atomic mass is 16.3. The zero-order chi connectivity index (χ0) is 44.5. The van der Waals surface area contributed by atoms with Gasteiger partial charge in [-0.25, -0.2) is 0 Å². The summed E-state index contributed by atoms with van der Waals surface area (Å²) in [4.78, 5) is 12.6. The normalized spacial score (nSPS) is 14.0. The Morgan fingerprint density at radius 1 is 0.410 bits per heavy atom. The number of rotatable bonds is 50. The zero-order valence-electron chi connectivity index (χ0n) is 40.9. The van der Waals surface area contributed by atoms with Crippen LogP contribution in [0.1, 0.15) is 290 Å². The van der Waals surface area contributed by atoms with Crippen LogP contribution in [0.15, 0.2) is 24.3 Å². The van der Waals surface area contributed by atoms with Gasteiger partial charge < -0.3 is 25.7 Å². The van der Waals surface area contributed by atoms with Crippen LogP contribution in [0, 0.1) is 0 Å². The summed E-state index contributed by atoms with van der Waals surface area (Å²) >= 11 is 0. The van der Waals surface area contributed by atoms with E-state index in [0.717, 1.165) is 57.8 Å². The summed E-state index contributed by atoms with van der Waals surface area (Å²) in [6.07, 6.45) is 59.4. The fourth-order valence-corrected chi connectivity index (χ4v) is 8.61. The van der Waals surface area contributed by atoms with Crippen molar-refractivity contribution >= 4 is 5.91 Å². The third-order valence-corrected chi connectivity index (χ3v) is 12.9. The lowest BCUT2D eigenvalue weighted by Crippen LogP contribution is -2.53. The molecule has 0 heterocycles. The van der Waals surface area contributed by atoms with Gasteiger partial charge in [0.25, 0.3) is 0 Å². The van der Waals surface area contributed by atoms with E-state index in [2.05, 4.69) is 43.5 Å². The first-order valence-corrected chi connectivity index (χ1v) is 27.2. The topological polar surface area (TPSA) is 110 Å². The SMILES string of the molecule is CCCCCCCCCCC/C=C\C/C=C\CCCCCCCCC(O)C(=O)NC(CO)C(O)C(O)CCCCCCCCCCCCCCCCCCCCCCCCC. The van der Waals surface area contributed by atoms with E-state index < -0.39 is 36.9 Å². The van der Waals surface area contributed by atoms with Crippen molar-refractivity contribution in [3.8, 4) is 0 Å². The number of hydrogen-bond donors (Lipinski definition) is 5. The molecule has 61 heavy (non-hydrogen) atoms. The first kappa shape index (κ1) is 59.8. The predicted octanol–water partition coefficient (Wildman–Crippen LogP) is 15.5. The smallest absolute Gasteiger partial charge is 0.249 e. The van der Waals surface area contributed by atoms with Gasteiger partial charge in [-0.3, -0.25) is 4.79 Å². The molecule has 0 radical (unpaired) electrons. The number of carbonyl (C=O) groups excluding carboxylic acids is 1. The number of aliphatic hydroxyl groups excluding tert-OH is 4. The number of amides is 1. The van der Waals surface area contributed by atoms with Crippen LogP contribution >= 0.6 is 0 Å². The summed E-state index contributed by atoms with van der Waals surface area (Å²) in [5.74, 6) is -0.588. The summed E-state index contributed by atoms with van der Waals surface area (Å²) in [6, 6.07) is -0.990. The predicted molar refractivity (Wildman–Crippen MR) is 265 cm³/mol. The van der Waals surface area contributed by atoms with Crippen molar-refractivity contribution in [1.82, 2.24) is 5.32 Å². The Morgan fingerprint density at radius 3 is 1.03 bits per heavy atom. The fraction of sp³-hybridized carbons (Fsp3) is 0.909. The molecule has 0 aromatic carbocycles. The first-order chi connectivity index (χ1) is 30.0. The van der Waals surface area contributed by atoms with Crippen LogP contribution in [-0.4, -0.2) is 57.3 Å². The largest absolute Gasteiger partial charge is 0.394 e. The maximum Gasteiger partial charge on any atom is 0.249 e. The Hall–Kier alpha value is -1.21. The van der Waals surface area contributed by atoms with Gasteiger partial charge in [-0.05, 0) is 44.9 Å². The first-order valence-electron chi connectivity index (χ1n) is 27.2. The van der Waals surface area contributed by atoms with E-state index in [0.29, 0.717) is 12.8 Å². The molecule has 0 saturated heterocycles. The molecule has 4 unspecified atom stereocenters. The summed E-state index contributed by atoms with van der Waals surface area (Å²) in [5.41, 5.74) is 0. The number of carbonyl (C=O) groups is 1. The highest BCUT2D eigenvalue weighted by molar-refractivity contribution is 5.80. The van der Waals surface area contributed by atoms with Crippen LogP contribution in [0.25, 0.3) is 0 Å². The summed E-state index contributed by atoms with van der Waals surface area (Å²) in [7, 11) is 0. The van der Waals surface area contributed by atoms with Crippen LogP contribution in [0.2, 0.25) is 0 Å². The summed E-state index contributed by atoms with van der Waals surface area (Å²) in [5, 5.41) is 44.0. The van der Waals surface area contributed by atoms with Gasteiger partial charge in [-0.15, -0.1) is 0 Å². The van der Waals surface area contributed by atoms with Gasteiger partial charge in [0.1, 0.15) is 12.2 Å². The van der Waals surface area contributed by atoms with Crippen molar-refractivity contribution in [2.24, 2.45) is 0 Å². The molecule has 1 amide bonds. The van der Waals surface area contributed by atoms with E-state index in [-0.39, 0.29) is 0 Å². The van der Waals surface area contributed by atoms with Gasteiger partial charge in [0.05, 0.1) is 18.8 Å². The van der Waals surface area contributed by atoms with E-state index in [1.807, 2.05) is 0 Å². The molecule has 0 spiro atoms. The molecule has 0 rings (SSSR count). The molecular formula is C55H107NO5. The molecule has 0 fully saturated rings. The van der Waals surface area contributed by atoms with E-state index in [9.17, 15) is 25.2 Å². The minimum Gasteiger partial charge on any atom is -0.394 e. The third kappa shape index (κ3) is 43.8. The van der Waals surface area contributed by atoms with Crippen molar-refractivity contribution in [3.05, 3.63) is 24.3 Å². The quantitative estimate of drug-likeness (QED) is 0.0309. The van der Waals surface area contributed by atoms with Crippen LogP contribution in [0.5, 0.6) is 0 Å². The van der Waals surface area contributed by atoms with Crippen LogP contribution < -0.4 is 5.32 Å². The molecule has 6 nitrogen and oxygen atoms in total. The van der Waals surface area contributed by atoms with E-state index >= 15 is 0 Å². The number of nitrogens with one attached hydrogen (secondary N) is 1. The second kappa shape index (κ2) is 49.8. The molecule has 6 heteroatoms. The molecule has 0 bridgehead atoms. The Bertz CT molecular complexity index is 924. The molecule has 0 aliphatic carbocycles. The van der Waals surface area contributed by atoms with Crippen molar-refractivity contribution in [2.75, 3.05) is 6.61 Å². The van der Waals surface area contributed by atoms with Gasteiger partial charge >= 0.3 is 0 Å². The van der Waals surface area contributed by atoms with Crippen molar-refractivity contribution in [3.63, 3.8) is 0 Å². The van der Waals surface area contributed by atoms with E-state index in [1.54, 1.807) is 0 Å². The summed E-state index contributed by atoms with van der Waals surface area (Å²) in [6.45, 7) is 4.08. The molecule has 0 aromatic rings. The fourth-order valence-electron chi connectivity index (χ4n) is 8.61. The highest BCUT2D eigenvalue weighted by Gasteiger charge is 2.28. The Morgan fingerprint density at radius 2 is 0.705 bits per heavy atom. The maximum absolute atomic E-state index is 12.6. The highest BCUT2D eigenvalue weighted by Crippen LogP contribution is 2.18. The van der Waals surface area contributed by atoms with Crippen LogP contribution in [0.3, 0.4) is 0 Å². The van der Waals surface area contributed by atoms with Gasteiger partial charge in [0.15, 0.2) is 0 Å².